The van der Waals surface area contributed by atoms with Crippen molar-refractivity contribution in [3.05, 3.63) is 0 Å². The lowest BCUT2D eigenvalue weighted by Crippen LogP contribution is -2.59. The molecule has 4 atom stereocenters. The number of rotatable bonds is 14. The Labute approximate surface area is 186 Å². The van der Waals surface area contributed by atoms with Crippen LogP contribution >= 0.6 is 12.6 Å². The van der Waals surface area contributed by atoms with E-state index in [-0.39, 0.29) is 30.6 Å². The topological polar surface area (TPSA) is 235 Å². The summed E-state index contributed by atoms with van der Waals surface area (Å²) in [4.78, 5) is 51.9. The third kappa shape index (κ3) is 10.8. The van der Waals surface area contributed by atoms with Crippen LogP contribution in [0.3, 0.4) is 0 Å². The van der Waals surface area contributed by atoms with Crippen molar-refractivity contribution in [3.63, 3.8) is 0 Å². The van der Waals surface area contributed by atoms with Gasteiger partial charge in [0.1, 0.15) is 18.1 Å². The van der Waals surface area contributed by atoms with E-state index in [0.29, 0.717) is 6.42 Å². The smallest absolute Gasteiger partial charge is 0.326 e. The molecule has 0 saturated carbocycles. The molecule has 11 N–H and O–H groups in total. The minimum Gasteiger partial charge on any atom is -0.480 e. The van der Waals surface area contributed by atoms with Gasteiger partial charge >= 0.3 is 5.97 Å². The van der Waals surface area contributed by atoms with Crippen molar-refractivity contribution in [2.75, 3.05) is 18.9 Å². The second-order valence-electron chi connectivity index (χ2n) is 7.11. The predicted octanol–water partition coefficient (Wildman–Crippen LogP) is -3.52. The minimum atomic E-state index is -1.35. The van der Waals surface area contributed by atoms with Crippen molar-refractivity contribution in [1.29, 1.82) is 0 Å². The fourth-order valence-electron chi connectivity index (χ4n) is 2.26. The van der Waals surface area contributed by atoms with Crippen LogP contribution in [0.15, 0.2) is 4.99 Å². The van der Waals surface area contributed by atoms with Crippen LogP contribution in [0, 0.1) is 5.92 Å². The summed E-state index contributed by atoms with van der Waals surface area (Å²) >= 11 is 4.00. The molecule has 0 radical (unpaired) electrons. The van der Waals surface area contributed by atoms with Gasteiger partial charge in [-0.15, -0.1) is 0 Å². The lowest BCUT2D eigenvalue weighted by molar-refractivity contribution is -0.142. The molecular weight excluding hydrogens is 430 g/mol. The van der Waals surface area contributed by atoms with Crippen molar-refractivity contribution >= 4 is 42.3 Å². The van der Waals surface area contributed by atoms with Crippen LogP contribution in [0.1, 0.15) is 26.7 Å². The zero-order valence-electron chi connectivity index (χ0n) is 17.6. The lowest BCUT2D eigenvalue weighted by atomic mass is 10.0. The summed E-state index contributed by atoms with van der Waals surface area (Å²) in [7, 11) is 0. The summed E-state index contributed by atoms with van der Waals surface area (Å²) in [5, 5.41) is 25.7. The molecule has 0 heterocycles. The molecule has 0 rings (SSSR count). The lowest BCUT2D eigenvalue weighted by Gasteiger charge is -2.24. The van der Waals surface area contributed by atoms with E-state index in [1.165, 1.54) is 0 Å². The van der Waals surface area contributed by atoms with E-state index >= 15 is 0 Å². The molecule has 13 nitrogen and oxygen atoms in total. The number of aliphatic imine (C=N–C) groups is 1. The number of thiol groups is 1. The van der Waals surface area contributed by atoms with Crippen molar-refractivity contribution in [2.24, 2.45) is 28.1 Å². The predicted molar refractivity (Wildman–Crippen MR) is 117 cm³/mol. The monoisotopic (exact) mass is 463 g/mol. The highest BCUT2D eigenvalue weighted by atomic mass is 32.1. The highest BCUT2D eigenvalue weighted by Crippen LogP contribution is 2.02. The first-order chi connectivity index (χ1) is 14.4. The number of carboxylic acid groups (broad SMARTS) is 1. The summed E-state index contributed by atoms with van der Waals surface area (Å²) in [6.07, 6.45) is 0.343. The third-order valence-corrected chi connectivity index (χ3v) is 4.58. The number of hydrogen-bond acceptors (Lipinski definition) is 8. The largest absolute Gasteiger partial charge is 0.480 e. The van der Waals surface area contributed by atoms with Gasteiger partial charge in [0.15, 0.2) is 5.96 Å². The van der Waals surface area contributed by atoms with Crippen LogP contribution in [0.2, 0.25) is 0 Å². The normalized spacial score (nSPS) is 14.6. The third-order valence-electron chi connectivity index (χ3n) is 4.21. The highest BCUT2D eigenvalue weighted by Gasteiger charge is 2.29. The van der Waals surface area contributed by atoms with E-state index in [1.54, 1.807) is 13.8 Å². The molecule has 0 aromatic heterocycles. The van der Waals surface area contributed by atoms with Gasteiger partial charge in [0.05, 0.1) is 12.6 Å². The fourth-order valence-corrected chi connectivity index (χ4v) is 2.52. The van der Waals surface area contributed by atoms with Crippen LogP contribution in [-0.4, -0.2) is 82.9 Å². The molecule has 14 heteroatoms. The molecule has 3 amide bonds. The van der Waals surface area contributed by atoms with Crippen LogP contribution in [0.5, 0.6) is 0 Å². The molecule has 0 aliphatic carbocycles. The van der Waals surface area contributed by atoms with Crippen LogP contribution in [-0.2, 0) is 19.2 Å². The molecule has 0 spiro atoms. The van der Waals surface area contributed by atoms with Gasteiger partial charge in [-0.1, -0.05) is 13.8 Å². The minimum absolute atomic E-state index is 0.0491. The standard InChI is InChI=1S/C17H33N7O6S/c1-8(2)12(18)15(28)23-10(6-25)13(26)24-11(7-31)14(27)22-9(16(29)30)4-3-5-21-17(19)20/h8-12,25,31H,3-7,18H2,1-2H3,(H,22,27)(H,23,28)(H,24,26)(H,29,30)(H4,19,20,21). The maximum Gasteiger partial charge on any atom is 0.326 e. The molecule has 0 aromatic carbocycles. The van der Waals surface area contributed by atoms with E-state index in [4.69, 9.17) is 17.2 Å². The number of hydrogen-bond donors (Lipinski definition) is 9. The van der Waals surface area contributed by atoms with Crippen molar-refractivity contribution in [1.82, 2.24) is 16.0 Å². The summed E-state index contributed by atoms with van der Waals surface area (Å²) in [5.41, 5.74) is 16.1. The SMILES string of the molecule is CC(C)C(N)C(=O)NC(CO)C(=O)NC(CS)C(=O)NC(CCCN=C(N)N)C(=O)O. The van der Waals surface area contributed by atoms with Gasteiger partial charge in [-0.3, -0.25) is 19.4 Å². The van der Waals surface area contributed by atoms with Gasteiger partial charge in [0.2, 0.25) is 17.7 Å². The summed E-state index contributed by atoms with van der Waals surface area (Å²) in [5.74, 6) is -4.03. The second kappa shape index (κ2) is 14.4. The van der Waals surface area contributed by atoms with E-state index in [2.05, 4.69) is 33.6 Å². The van der Waals surface area contributed by atoms with Gasteiger partial charge in [0.25, 0.3) is 0 Å². The fraction of sp³-hybridized carbons (Fsp3) is 0.706. The van der Waals surface area contributed by atoms with Gasteiger partial charge < -0.3 is 43.4 Å². The number of aliphatic carboxylic acids is 1. The molecule has 178 valence electrons. The van der Waals surface area contributed by atoms with Crippen LogP contribution in [0.4, 0.5) is 0 Å². The molecule has 4 unspecified atom stereocenters. The Morgan fingerprint density at radius 2 is 1.48 bits per heavy atom. The molecular formula is C17H33N7O6S. The number of amides is 3. The zero-order valence-corrected chi connectivity index (χ0v) is 18.5. The number of carbonyl (C=O) groups excluding carboxylic acids is 3. The Morgan fingerprint density at radius 3 is 1.94 bits per heavy atom. The maximum absolute atomic E-state index is 12.4. The highest BCUT2D eigenvalue weighted by molar-refractivity contribution is 7.80. The number of carboxylic acids is 1. The Kier molecular flexibility index (Phi) is 13.2. The number of nitrogens with zero attached hydrogens (tertiary/aromatic N) is 1. The van der Waals surface area contributed by atoms with Gasteiger partial charge in [-0.05, 0) is 18.8 Å². The quantitative estimate of drug-likeness (QED) is 0.0536. The maximum atomic E-state index is 12.4. The zero-order chi connectivity index (χ0) is 24.1. The Morgan fingerprint density at radius 1 is 0.968 bits per heavy atom. The van der Waals surface area contributed by atoms with Gasteiger partial charge in [-0.2, -0.15) is 12.6 Å². The summed E-state index contributed by atoms with van der Waals surface area (Å²) < 4.78 is 0. The van der Waals surface area contributed by atoms with Gasteiger partial charge in [-0.25, -0.2) is 4.79 Å². The van der Waals surface area contributed by atoms with Crippen molar-refractivity contribution < 1.29 is 29.4 Å². The Bertz CT molecular complexity index is 657. The molecule has 0 aromatic rings. The molecule has 0 aliphatic rings. The number of aliphatic hydroxyl groups is 1. The van der Waals surface area contributed by atoms with E-state index in [9.17, 15) is 29.4 Å². The van der Waals surface area contributed by atoms with Crippen LogP contribution < -0.4 is 33.2 Å². The van der Waals surface area contributed by atoms with E-state index in [0.717, 1.165) is 0 Å². The van der Waals surface area contributed by atoms with E-state index in [1.807, 2.05) is 0 Å². The molecule has 0 fully saturated rings. The molecule has 0 saturated heterocycles. The van der Waals surface area contributed by atoms with E-state index < -0.39 is 54.5 Å². The van der Waals surface area contributed by atoms with Gasteiger partial charge in [0, 0.05) is 12.3 Å². The first-order valence-corrected chi connectivity index (χ1v) is 10.2. The molecule has 0 aliphatic heterocycles. The Balaban J connectivity index is 4.97. The second-order valence-corrected chi connectivity index (χ2v) is 7.47. The van der Waals surface area contributed by atoms with Crippen LogP contribution in [0.25, 0.3) is 0 Å². The number of guanidine groups is 1. The molecule has 0 bridgehead atoms. The summed E-state index contributed by atoms with van der Waals surface area (Å²) in [6.45, 7) is 2.89. The van der Waals surface area contributed by atoms with Crippen molar-refractivity contribution in [3.8, 4) is 0 Å². The van der Waals surface area contributed by atoms with Crippen molar-refractivity contribution in [2.45, 2.75) is 50.9 Å². The first-order valence-electron chi connectivity index (χ1n) is 9.61. The number of nitrogens with one attached hydrogen (secondary N) is 3. The Hall–Kier alpha value is -2.58. The number of nitrogens with two attached hydrogens (primary N) is 3. The number of carbonyl (C=O) groups is 4. The number of aliphatic hydroxyl groups excluding tert-OH is 1. The molecule has 31 heavy (non-hydrogen) atoms. The first kappa shape index (κ1) is 28.4. The average Bonchev–Trinajstić information content (AvgIpc) is 2.70. The average molecular weight is 464 g/mol. The summed E-state index contributed by atoms with van der Waals surface area (Å²) in [6, 6.07) is -4.68.